The van der Waals surface area contributed by atoms with E-state index in [9.17, 15) is 19.2 Å². The number of allylic oxidation sites excluding steroid dienone is 3. The molecule has 224 valence electrons. The molecule has 0 unspecified atom stereocenters. The molecule has 0 saturated heterocycles. The van der Waals surface area contributed by atoms with E-state index in [1.54, 1.807) is 0 Å². The molecule has 2 aromatic rings. The number of ketones is 4. The fraction of sp³-hybridized carbons (Fsp3) is 0.375. The van der Waals surface area contributed by atoms with E-state index in [0.29, 0.717) is 0 Å². The van der Waals surface area contributed by atoms with Gasteiger partial charge in [-0.1, -0.05) is 60.7 Å². The fourth-order valence-electron chi connectivity index (χ4n) is 3.84. The summed E-state index contributed by atoms with van der Waals surface area (Å²) in [7, 11) is 0. The summed E-state index contributed by atoms with van der Waals surface area (Å²) in [5.41, 5.74) is 10.9. The number of carbonyl (C=O) groups is 4. The van der Waals surface area contributed by atoms with Gasteiger partial charge in [0.1, 0.15) is 17.8 Å². The van der Waals surface area contributed by atoms with Crippen LogP contribution < -0.4 is 21.8 Å². The monoisotopic (exact) mass is 576 g/mol. The SMILES string of the molecule is CC(C)(C)ON[C@@H](Cc1ccccc1)C(=O)C(=O)C1=CNNC(C(=O)C(=O)[C@H](Cc2ccccc2)NOC(C)(C)C)=C1. The van der Waals surface area contributed by atoms with Crippen LogP contribution in [0.1, 0.15) is 52.7 Å². The summed E-state index contributed by atoms with van der Waals surface area (Å²) in [6.07, 6.45) is 2.87. The third kappa shape index (κ3) is 10.1. The lowest BCUT2D eigenvalue weighted by molar-refractivity contribution is -0.143. The number of benzene rings is 2. The predicted octanol–water partition coefficient (Wildman–Crippen LogP) is 3.00. The maximum absolute atomic E-state index is 13.4. The van der Waals surface area contributed by atoms with Crippen LogP contribution in [0.2, 0.25) is 0 Å². The van der Waals surface area contributed by atoms with Crippen molar-refractivity contribution in [3.05, 3.63) is 95.3 Å². The number of hydrazine groups is 1. The maximum atomic E-state index is 13.4. The largest absolute Gasteiger partial charge is 0.307 e. The molecule has 2 atom stereocenters. The van der Waals surface area contributed by atoms with Crippen LogP contribution in [0.5, 0.6) is 0 Å². The van der Waals surface area contributed by atoms with Crippen molar-refractivity contribution in [2.24, 2.45) is 0 Å². The molecule has 1 aliphatic rings. The van der Waals surface area contributed by atoms with Crippen molar-refractivity contribution in [1.29, 1.82) is 0 Å². The highest BCUT2D eigenvalue weighted by Crippen LogP contribution is 2.15. The molecular weight excluding hydrogens is 536 g/mol. The Morgan fingerprint density at radius 2 is 1.12 bits per heavy atom. The van der Waals surface area contributed by atoms with Crippen LogP contribution in [0.15, 0.2) is 84.2 Å². The summed E-state index contributed by atoms with van der Waals surface area (Å²) in [4.78, 5) is 64.6. The van der Waals surface area contributed by atoms with Crippen LogP contribution in [0.3, 0.4) is 0 Å². The van der Waals surface area contributed by atoms with Crippen molar-refractivity contribution >= 4 is 23.1 Å². The molecule has 2 aromatic carbocycles. The minimum Gasteiger partial charge on any atom is -0.307 e. The fourth-order valence-corrected chi connectivity index (χ4v) is 3.84. The molecule has 0 aromatic heterocycles. The molecule has 0 spiro atoms. The van der Waals surface area contributed by atoms with Gasteiger partial charge in [-0.25, -0.2) is 0 Å². The highest BCUT2D eigenvalue weighted by Gasteiger charge is 2.33. The van der Waals surface area contributed by atoms with Crippen molar-refractivity contribution < 1.29 is 28.9 Å². The lowest BCUT2D eigenvalue weighted by atomic mass is 9.95. The number of hydrogen-bond acceptors (Lipinski definition) is 10. The lowest BCUT2D eigenvalue weighted by Gasteiger charge is -2.25. The second-order valence-corrected chi connectivity index (χ2v) is 12.0. The highest BCUT2D eigenvalue weighted by molar-refractivity contribution is 6.47. The quantitative estimate of drug-likeness (QED) is 0.196. The first-order chi connectivity index (χ1) is 19.7. The second kappa shape index (κ2) is 14.3. The molecule has 4 N–H and O–H groups in total. The van der Waals surface area contributed by atoms with Gasteiger partial charge in [0.25, 0.3) is 0 Å². The summed E-state index contributed by atoms with van der Waals surface area (Å²) >= 11 is 0. The Hall–Kier alpha value is -3.96. The Balaban J connectivity index is 1.79. The molecule has 0 amide bonds. The van der Waals surface area contributed by atoms with Gasteiger partial charge in [-0.05, 0) is 71.6 Å². The van der Waals surface area contributed by atoms with Crippen molar-refractivity contribution in [3.8, 4) is 0 Å². The zero-order valence-corrected chi connectivity index (χ0v) is 24.9. The number of hydroxylamine groups is 2. The zero-order chi connectivity index (χ0) is 30.9. The number of rotatable bonds is 14. The topological polar surface area (TPSA) is 135 Å². The average molecular weight is 577 g/mol. The molecule has 0 radical (unpaired) electrons. The summed E-state index contributed by atoms with van der Waals surface area (Å²) in [5, 5.41) is 0. The lowest BCUT2D eigenvalue weighted by Crippen LogP contribution is -2.48. The van der Waals surface area contributed by atoms with E-state index < -0.39 is 46.4 Å². The Kier molecular flexibility index (Phi) is 11.1. The molecule has 10 nitrogen and oxygen atoms in total. The number of Topliss-reactive ketones (excluding diaryl/α,β-unsaturated/α-hetero) is 4. The Morgan fingerprint density at radius 3 is 1.55 bits per heavy atom. The Bertz CT molecular complexity index is 1320. The summed E-state index contributed by atoms with van der Waals surface area (Å²) in [6.45, 7) is 10.9. The van der Waals surface area contributed by atoms with Crippen molar-refractivity contribution in [3.63, 3.8) is 0 Å². The Morgan fingerprint density at radius 1 is 0.690 bits per heavy atom. The summed E-state index contributed by atoms with van der Waals surface area (Å²) in [5.74, 6) is -3.25. The summed E-state index contributed by atoms with van der Waals surface area (Å²) in [6, 6.07) is 16.5. The molecule has 10 heteroatoms. The van der Waals surface area contributed by atoms with E-state index in [-0.39, 0.29) is 24.1 Å². The molecule has 0 fully saturated rings. The molecular formula is C32H40N4O6. The third-order valence-corrected chi connectivity index (χ3v) is 5.90. The van der Waals surface area contributed by atoms with Crippen molar-refractivity contribution in [2.45, 2.75) is 77.7 Å². The van der Waals surface area contributed by atoms with E-state index in [1.165, 1.54) is 12.3 Å². The minimum atomic E-state index is -0.998. The predicted molar refractivity (Wildman–Crippen MR) is 158 cm³/mol. The van der Waals surface area contributed by atoms with Crippen molar-refractivity contribution in [2.75, 3.05) is 0 Å². The van der Waals surface area contributed by atoms with E-state index in [2.05, 4.69) is 21.8 Å². The van der Waals surface area contributed by atoms with Crippen LogP contribution in [0.4, 0.5) is 0 Å². The smallest absolute Gasteiger partial charge is 0.247 e. The first-order valence-corrected chi connectivity index (χ1v) is 13.8. The first-order valence-electron chi connectivity index (χ1n) is 13.8. The molecule has 1 heterocycles. The molecule has 0 bridgehead atoms. The van der Waals surface area contributed by atoms with E-state index in [0.717, 1.165) is 11.1 Å². The average Bonchev–Trinajstić information content (AvgIpc) is 2.96. The standard InChI is InChI=1S/C32H40N4O6/c1-31(2,3)41-35-25(17-21-13-9-7-10-14-21)29(39)27(37)23-19-24(34-33-20-23)28(38)30(40)26(36-42-32(4,5)6)18-22-15-11-8-12-16-22/h7-16,19-20,25-26,33-36H,17-18H2,1-6H3/t25-,26-/m0/s1. The third-order valence-electron chi connectivity index (χ3n) is 5.90. The van der Waals surface area contributed by atoms with Gasteiger partial charge in [-0.3, -0.25) is 34.3 Å². The normalized spacial score (nSPS) is 14.9. The Labute approximate surface area is 246 Å². The van der Waals surface area contributed by atoms with Gasteiger partial charge >= 0.3 is 0 Å². The molecule has 0 aliphatic carbocycles. The molecule has 42 heavy (non-hydrogen) atoms. The minimum absolute atomic E-state index is 0.0796. The van der Waals surface area contributed by atoms with Crippen LogP contribution in [-0.4, -0.2) is 46.4 Å². The van der Waals surface area contributed by atoms with Gasteiger partial charge in [-0.2, -0.15) is 11.0 Å². The van der Waals surface area contributed by atoms with Crippen molar-refractivity contribution in [1.82, 2.24) is 21.8 Å². The number of hydrogen-bond donors (Lipinski definition) is 4. The van der Waals surface area contributed by atoms with Gasteiger partial charge in [0, 0.05) is 11.8 Å². The van der Waals surface area contributed by atoms with Crippen LogP contribution in [-0.2, 0) is 41.7 Å². The van der Waals surface area contributed by atoms with E-state index >= 15 is 0 Å². The maximum Gasteiger partial charge on any atom is 0.247 e. The molecule has 3 rings (SSSR count). The second-order valence-electron chi connectivity index (χ2n) is 12.0. The van der Waals surface area contributed by atoms with Gasteiger partial charge in [-0.15, -0.1) is 0 Å². The van der Waals surface area contributed by atoms with Gasteiger partial charge in [0.2, 0.25) is 23.1 Å². The summed E-state index contributed by atoms with van der Waals surface area (Å²) < 4.78 is 0. The number of nitrogens with one attached hydrogen (secondary N) is 4. The van der Waals surface area contributed by atoms with Gasteiger partial charge in [0.15, 0.2) is 0 Å². The van der Waals surface area contributed by atoms with Crippen LogP contribution >= 0.6 is 0 Å². The van der Waals surface area contributed by atoms with Gasteiger partial charge in [0.05, 0.1) is 11.2 Å². The number of carbonyl (C=O) groups excluding carboxylic acids is 4. The van der Waals surface area contributed by atoms with Gasteiger partial charge < -0.3 is 5.43 Å². The molecule has 1 aliphatic heterocycles. The zero-order valence-electron chi connectivity index (χ0n) is 24.9. The van der Waals surface area contributed by atoms with E-state index in [1.807, 2.05) is 102 Å². The molecule has 0 saturated carbocycles. The van der Waals surface area contributed by atoms with Crippen LogP contribution in [0, 0.1) is 0 Å². The van der Waals surface area contributed by atoms with Crippen LogP contribution in [0.25, 0.3) is 0 Å². The highest BCUT2D eigenvalue weighted by atomic mass is 16.7. The first kappa shape index (κ1) is 32.6. The van der Waals surface area contributed by atoms with E-state index in [4.69, 9.17) is 9.68 Å².